The fourth-order valence-corrected chi connectivity index (χ4v) is 7.92. The van der Waals surface area contributed by atoms with Crippen molar-refractivity contribution in [2.75, 3.05) is 6.61 Å². The fourth-order valence-electron chi connectivity index (χ4n) is 6.95. The lowest BCUT2D eigenvalue weighted by Crippen LogP contribution is -2.64. The Bertz CT molecular complexity index is 932. The predicted molar refractivity (Wildman–Crippen MR) is 206 cm³/mol. The molecule has 1 aliphatic rings. The van der Waals surface area contributed by atoms with Crippen LogP contribution in [0.15, 0.2) is 0 Å². The van der Waals surface area contributed by atoms with Gasteiger partial charge < -0.3 is 46.0 Å². The first-order valence-corrected chi connectivity index (χ1v) is 22.6. The van der Waals surface area contributed by atoms with E-state index in [-0.39, 0.29) is 12.8 Å². The molecule has 8 unspecified atom stereocenters. The van der Waals surface area contributed by atoms with Crippen molar-refractivity contribution >= 4 is 13.7 Å². The van der Waals surface area contributed by atoms with Gasteiger partial charge in [-0.25, -0.2) is 4.57 Å². The molecule has 13 nitrogen and oxygen atoms in total. The molecule has 0 aromatic heterocycles. The van der Waals surface area contributed by atoms with Crippen LogP contribution >= 0.6 is 7.82 Å². The van der Waals surface area contributed by atoms with E-state index in [9.17, 15) is 50.0 Å². The van der Waals surface area contributed by atoms with Crippen LogP contribution < -0.4 is 5.32 Å². The summed E-state index contributed by atoms with van der Waals surface area (Å²) in [6, 6.07) is -1.15. The first-order chi connectivity index (χ1) is 25.3. The summed E-state index contributed by atoms with van der Waals surface area (Å²) in [5.74, 6) is -0.561. The van der Waals surface area contributed by atoms with Crippen LogP contribution in [0.4, 0.5) is 0 Å². The van der Waals surface area contributed by atoms with Crippen molar-refractivity contribution in [3.8, 4) is 0 Å². The maximum atomic E-state index is 12.9. The Balaban J connectivity index is 2.59. The summed E-state index contributed by atoms with van der Waals surface area (Å²) >= 11 is 0. The minimum absolute atomic E-state index is 0.217. The summed E-state index contributed by atoms with van der Waals surface area (Å²) in [4.78, 5) is 23.3. The van der Waals surface area contributed by atoms with Gasteiger partial charge in [-0.2, -0.15) is 0 Å². The number of hydrogen-bond donors (Lipinski definition) is 9. The van der Waals surface area contributed by atoms with E-state index in [1.165, 1.54) is 89.9 Å². The van der Waals surface area contributed by atoms with Gasteiger partial charge in [0.1, 0.15) is 36.6 Å². The molecule has 0 radical (unpaired) electrons. The summed E-state index contributed by atoms with van der Waals surface area (Å²) < 4.78 is 22.8. The average Bonchev–Trinajstić information content (AvgIpc) is 3.12. The van der Waals surface area contributed by atoms with Crippen molar-refractivity contribution in [1.29, 1.82) is 0 Å². The van der Waals surface area contributed by atoms with Gasteiger partial charge in [0.05, 0.1) is 31.3 Å². The van der Waals surface area contributed by atoms with Crippen LogP contribution in [0.1, 0.15) is 181 Å². The van der Waals surface area contributed by atoms with Gasteiger partial charge in [-0.05, 0) is 12.8 Å². The third-order valence-electron chi connectivity index (χ3n) is 10.5. The summed E-state index contributed by atoms with van der Waals surface area (Å²) in [6.45, 7) is 3.75. The number of unbranched alkanes of at least 4 members (excludes halogenated alkanes) is 21. The van der Waals surface area contributed by atoms with Gasteiger partial charge in [-0.1, -0.05) is 162 Å². The summed E-state index contributed by atoms with van der Waals surface area (Å²) in [7, 11) is -5.10. The molecule has 14 heteroatoms. The fraction of sp³-hybridized carbons (Fsp3) is 0.974. The van der Waals surface area contributed by atoms with Crippen molar-refractivity contribution in [3.63, 3.8) is 0 Å². The van der Waals surface area contributed by atoms with Gasteiger partial charge in [0.2, 0.25) is 5.91 Å². The van der Waals surface area contributed by atoms with Crippen molar-refractivity contribution in [2.24, 2.45) is 0 Å². The Kier molecular flexibility index (Phi) is 28.9. The highest BCUT2D eigenvalue weighted by Gasteiger charge is 2.51. The maximum absolute atomic E-state index is 12.9. The number of carbonyl (C=O) groups excluding carboxylic acids is 1. The van der Waals surface area contributed by atoms with Crippen LogP contribution in [0.2, 0.25) is 0 Å². The molecule has 1 aliphatic carbocycles. The average molecular weight is 784 g/mol. The molecule has 0 heterocycles. The van der Waals surface area contributed by atoms with Gasteiger partial charge in [0.15, 0.2) is 0 Å². The zero-order chi connectivity index (χ0) is 39.5. The third-order valence-corrected chi connectivity index (χ3v) is 11.5. The first-order valence-electron chi connectivity index (χ1n) is 21.1. The second-order valence-corrected chi connectivity index (χ2v) is 16.8. The van der Waals surface area contributed by atoms with Crippen molar-refractivity contribution in [1.82, 2.24) is 5.32 Å². The number of amides is 1. The molecule has 8 atom stereocenters. The Labute approximate surface area is 319 Å². The summed E-state index contributed by atoms with van der Waals surface area (Å²) in [5, 5.41) is 74.3. The molecule has 53 heavy (non-hydrogen) atoms. The number of nitrogens with one attached hydrogen (secondary N) is 1. The minimum Gasteiger partial charge on any atom is -0.393 e. The quantitative estimate of drug-likeness (QED) is 0.0283. The molecule has 9 N–H and O–H groups in total. The number of rotatable bonds is 34. The van der Waals surface area contributed by atoms with Crippen LogP contribution in [0.25, 0.3) is 0 Å². The van der Waals surface area contributed by atoms with Crippen molar-refractivity contribution in [3.05, 3.63) is 0 Å². The molecular formula is C39H78NO12P. The Morgan fingerprint density at radius 1 is 0.585 bits per heavy atom. The first kappa shape index (κ1) is 50.3. The molecular weight excluding hydrogens is 705 g/mol. The maximum Gasteiger partial charge on any atom is 0.472 e. The van der Waals surface area contributed by atoms with Crippen LogP contribution in [-0.2, 0) is 18.4 Å². The van der Waals surface area contributed by atoms with Gasteiger partial charge in [0.25, 0.3) is 0 Å². The Morgan fingerprint density at radius 2 is 0.943 bits per heavy atom. The number of aliphatic hydroxyl groups is 7. The van der Waals surface area contributed by atoms with Gasteiger partial charge in [-0.3, -0.25) is 13.8 Å². The summed E-state index contributed by atoms with van der Waals surface area (Å²) in [5.41, 5.74) is 0. The van der Waals surface area contributed by atoms with E-state index in [1.807, 2.05) is 0 Å². The van der Waals surface area contributed by atoms with Crippen LogP contribution in [0, 0.1) is 0 Å². The topological polar surface area (TPSA) is 226 Å². The van der Waals surface area contributed by atoms with Crippen LogP contribution in [0.5, 0.6) is 0 Å². The molecule has 316 valence electrons. The molecule has 0 aromatic carbocycles. The summed E-state index contributed by atoms with van der Waals surface area (Å²) in [6.07, 6.45) is 13.1. The van der Waals surface area contributed by atoms with E-state index in [0.29, 0.717) is 12.8 Å². The SMILES string of the molecule is CCCCCCCCCCCCCCCC(O)C(COP(=O)(O)OC1C(O)C(O)C(O)C(O)C1O)NC(=O)CC(O)CCCCCCCCCCCC. The highest BCUT2D eigenvalue weighted by Crippen LogP contribution is 2.47. The number of carbonyl (C=O) groups is 1. The lowest BCUT2D eigenvalue weighted by atomic mass is 9.85. The normalized spacial score (nSPS) is 24.8. The number of phosphoric ester groups is 1. The highest BCUT2D eigenvalue weighted by molar-refractivity contribution is 7.47. The molecule has 0 aromatic rings. The van der Waals surface area contributed by atoms with E-state index in [1.54, 1.807) is 0 Å². The van der Waals surface area contributed by atoms with Crippen molar-refractivity contribution in [2.45, 2.75) is 236 Å². The van der Waals surface area contributed by atoms with E-state index < -0.39 is 75.2 Å². The number of aliphatic hydroxyl groups excluding tert-OH is 7. The van der Waals surface area contributed by atoms with Crippen molar-refractivity contribution < 1.29 is 59.0 Å². The van der Waals surface area contributed by atoms with E-state index in [0.717, 1.165) is 51.4 Å². The smallest absolute Gasteiger partial charge is 0.393 e. The minimum atomic E-state index is -5.10. The second kappa shape index (κ2) is 30.4. The molecule has 0 saturated heterocycles. The van der Waals surface area contributed by atoms with Crippen LogP contribution in [-0.4, -0.2) is 108 Å². The monoisotopic (exact) mass is 784 g/mol. The molecule has 1 fully saturated rings. The standard InChI is InChI=1S/C39H78NO12P/c1-3-5-7-9-11-13-15-16-17-19-21-23-25-27-32(42)31(29-51-53(49,50)52-39-37(47)35(45)34(44)36(46)38(39)48)40-33(43)28-30(41)26-24-22-20-18-14-12-10-8-6-4-2/h30-32,34-39,41-42,44-48H,3-29H2,1-2H3,(H,40,43)(H,49,50). The molecule has 1 amide bonds. The Hall–Kier alpha value is -0.700. The molecule has 0 aliphatic heterocycles. The predicted octanol–water partition coefficient (Wildman–Crippen LogP) is 5.70. The Morgan fingerprint density at radius 3 is 1.36 bits per heavy atom. The zero-order valence-electron chi connectivity index (χ0n) is 32.9. The van der Waals surface area contributed by atoms with E-state index >= 15 is 0 Å². The molecule has 0 bridgehead atoms. The molecule has 0 spiro atoms. The number of phosphoric acid groups is 1. The van der Waals surface area contributed by atoms with Gasteiger partial charge in [-0.15, -0.1) is 0 Å². The largest absolute Gasteiger partial charge is 0.472 e. The zero-order valence-corrected chi connectivity index (χ0v) is 33.8. The number of hydrogen-bond acceptors (Lipinski definition) is 11. The van der Waals surface area contributed by atoms with E-state index in [2.05, 4.69) is 19.2 Å². The third kappa shape index (κ3) is 23.2. The lowest BCUT2D eigenvalue weighted by Gasteiger charge is -2.41. The molecule has 1 saturated carbocycles. The second-order valence-electron chi connectivity index (χ2n) is 15.4. The van der Waals surface area contributed by atoms with Gasteiger partial charge >= 0.3 is 7.82 Å². The molecule has 1 rings (SSSR count). The lowest BCUT2D eigenvalue weighted by molar-refractivity contribution is -0.220. The van der Waals surface area contributed by atoms with E-state index in [4.69, 9.17) is 9.05 Å². The van der Waals surface area contributed by atoms with Crippen LogP contribution in [0.3, 0.4) is 0 Å². The highest BCUT2D eigenvalue weighted by atomic mass is 31.2. The van der Waals surface area contributed by atoms with Gasteiger partial charge in [0, 0.05) is 0 Å².